The van der Waals surface area contributed by atoms with Gasteiger partial charge < -0.3 is 9.80 Å². The Labute approximate surface area is 185 Å². The van der Waals surface area contributed by atoms with Crippen LogP contribution in [0.4, 0.5) is 0 Å². The number of benzene rings is 2. The van der Waals surface area contributed by atoms with E-state index in [1.54, 1.807) is 28.6 Å². The van der Waals surface area contributed by atoms with Crippen molar-refractivity contribution < 1.29 is 13.2 Å². The van der Waals surface area contributed by atoms with E-state index in [9.17, 15) is 13.2 Å². The topological polar surface area (TPSA) is 60.9 Å². The number of piperazine rings is 1. The largest absolute Gasteiger partial charge is 0.329 e. The van der Waals surface area contributed by atoms with Crippen molar-refractivity contribution >= 4 is 15.9 Å². The van der Waals surface area contributed by atoms with Gasteiger partial charge in [0.15, 0.2) is 0 Å². The third-order valence-electron chi connectivity index (χ3n) is 6.51. The van der Waals surface area contributed by atoms with E-state index in [1.807, 2.05) is 23.1 Å². The molecule has 1 atom stereocenters. The van der Waals surface area contributed by atoms with Crippen LogP contribution in [0.2, 0.25) is 0 Å². The Balaban J connectivity index is 1.53. The summed E-state index contributed by atoms with van der Waals surface area (Å²) in [7, 11) is -1.44. The quantitative estimate of drug-likeness (QED) is 0.731. The van der Waals surface area contributed by atoms with E-state index in [-0.39, 0.29) is 16.8 Å². The predicted octanol–water partition coefficient (Wildman–Crippen LogP) is 3.24. The lowest BCUT2D eigenvalue weighted by Gasteiger charge is -2.40. The van der Waals surface area contributed by atoms with Crippen molar-refractivity contribution in [3.63, 3.8) is 0 Å². The average molecular weight is 442 g/mol. The van der Waals surface area contributed by atoms with Crippen molar-refractivity contribution in [1.82, 2.24) is 14.1 Å². The van der Waals surface area contributed by atoms with Crippen LogP contribution >= 0.6 is 0 Å². The van der Waals surface area contributed by atoms with Crippen LogP contribution in [-0.2, 0) is 10.0 Å². The molecule has 4 rings (SSSR count). The molecule has 0 aliphatic carbocycles. The molecule has 0 N–H and O–H groups in total. The molecule has 0 radical (unpaired) electrons. The van der Waals surface area contributed by atoms with Crippen molar-refractivity contribution in [2.24, 2.45) is 5.92 Å². The number of piperidine rings is 1. The van der Waals surface area contributed by atoms with E-state index in [1.165, 1.54) is 0 Å². The van der Waals surface area contributed by atoms with Gasteiger partial charge in [-0.1, -0.05) is 37.3 Å². The molecule has 2 saturated heterocycles. The second-order valence-electron chi connectivity index (χ2n) is 8.80. The molecule has 0 spiro atoms. The first-order valence-corrected chi connectivity index (χ1v) is 12.4. The second kappa shape index (κ2) is 9.10. The zero-order valence-electron chi connectivity index (χ0n) is 18.3. The van der Waals surface area contributed by atoms with Gasteiger partial charge >= 0.3 is 0 Å². The standard InChI is InChI=1S/C24H31N3O3S/c1-19-12-14-26(15-13-19)31(29,30)22-10-8-21(9-11-22)24(28)27-17-16-25(2)18-23(27)20-6-4-3-5-7-20/h3-11,19,23H,12-18H2,1-2H3. The summed E-state index contributed by atoms with van der Waals surface area (Å²) in [5.41, 5.74) is 1.64. The van der Waals surface area contributed by atoms with Gasteiger partial charge in [-0.2, -0.15) is 4.31 Å². The van der Waals surface area contributed by atoms with Crippen LogP contribution in [0.25, 0.3) is 0 Å². The molecule has 2 aromatic rings. The number of amides is 1. The number of nitrogens with zero attached hydrogens (tertiary/aromatic N) is 3. The maximum absolute atomic E-state index is 13.3. The first kappa shape index (κ1) is 22.0. The van der Waals surface area contributed by atoms with Crippen LogP contribution in [0.5, 0.6) is 0 Å². The highest BCUT2D eigenvalue weighted by Crippen LogP contribution is 2.28. The van der Waals surface area contributed by atoms with Crippen LogP contribution in [-0.4, -0.2) is 68.2 Å². The average Bonchev–Trinajstić information content (AvgIpc) is 2.79. The number of carbonyl (C=O) groups is 1. The molecular weight excluding hydrogens is 410 g/mol. The SMILES string of the molecule is CC1CCN(S(=O)(=O)c2ccc(C(=O)N3CCN(C)CC3c3ccccc3)cc2)CC1. The zero-order chi connectivity index (χ0) is 22.0. The fourth-order valence-corrected chi connectivity index (χ4v) is 5.90. The van der Waals surface area contributed by atoms with Crippen molar-refractivity contribution in [1.29, 1.82) is 0 Å². The third-order valence-corrected chi connectivity index (χ3v) is 8.42. The summed E-state index contributed by atoms with van der Waals surface area (Å²) in [6, 6.07) is 16.5. The molecule has 0 bridgehead atoms. The van der Waals surface area contributed by atoms with Gasteiger partial charge in [-0.3, -0.25) is 4.79 Å². The molecule has 0 aromatic heterocycles. The zero-order valence-corrected chi connectivity index (χ0v) is 19.1. The van der Waals surface area contributed by atoms with Gasteiger partial charge in [0.05, 0.1) is 10.9 Å². The molecule has 166 valence electrons. The fourth-order valence-electron chi connectivity index (χ4n) is 4.43. The Morgan fingerprint density at radius 3 is 2.19 bits per heavy atom. The van der Waals surface area contributed by atoms with E-state index in [4.69, 9.17) is 0 Å². The van der Waals surface area contributed by atoms with Crippen LogP contribution in [0.1, 0.15) is 41.7 Å². The highest BCUT2D eigenvalue weighted by atomic mass is 32.2. The smallest absolute Gasteiger partial charge is 0.254 e. The minimum absolute atomic E-state index is 0.0220. The summed E-state index contributed by atoms with van der Waals surface area (Å²) in [6.45, 7) is 5.51. The van der Waals surface area contributed by atoms with Crippen LogP contribution in [0.15, 0.2) is 59.5 Å². The monoisotopic (exact) mass is 441 g/mol. The van der Waals surface area contributed by atoms with Gasteiger partial charge in [0.2, 0.25) is 10.0 Å². The molecule has 2 aromatic carbocycles. The first-order valence-electron chi connectivity index (χ1n) is 11.0. The Kier molecular flexibility index (Phi) is 6.46. The number of hydrogen-bond acceptors (Lipinski definition) is 4. The van der Waals surface area contributed by atoms with Gasteiger partial charge in [0.1, 0.15) is 0 Å². The maximum Gasteiger partial charge on any atom is 0.254 e. The van der Waals surface area contributed by atoms with Gasteiger partial charge in [-0.15, -0.1) is 0 Å². The Bertz CT molecular complexity index is 1000. The maximum atomic E-state index is 13.3. The fraction of sp³-hybridized carbons (Fsp3) is 0.458. The van der Waals surface area contributed by atoms with Crippen molar-refractivity contribution in [2.45, 2.75) is 30.7 Å². The normalized spacial score (nSPS) is 21.9. The van der Waals surface area contributed by atoms with Gasteiger partial charge in [0, 0.05) is 38.3 Å². The number of sulfonamides is 1. The molecule has 1 unspecified atom stereocenters. The van der Waals surface area contributed by atoms with Gasteiger partial charge in [-0.05, 0) is 55.6 Å². The van der Waals surface area contributed by atoms with Crippen LogP contribution in [0.3, 0.4) is 0 Å². The summed E-state index contributed by atoms with van der Waals surface area (Å²) in [4.78, 5) is 17.7. The molecule has 2 heterocycles. The summed E-state index contributed by atoms with van der Waals surface area (Å²) in [6.07, 6.45) is 1.78. The molecular formula is C24H31N3O3S. The van der Waals surface area contributed by atoms with E-state index in [0.717, 1.165) is 31.5 Å². The first-order chi connectivity index (χ1) is 14.9. The highest BCUT2D eigenvalue weighted by Gasteiger charge is 2.32. The molecule has 0 saturated carbocycles. The lowest BCUT2D eigenvalue weighted by atomic mass is 10.0. The summed E-state index contributed by atoms with van der Waals surface area (Å²) in [5.74, 6) is 0.505. The van der Waals surface area contributed by atoms with Crippen molar-refractivity contribution in [3.8, 4) is 0 Å². The molecule has 2 aliphatic heterocycles. The van der Waals surface area contributed by atoms with Crippen LogP contribution in [0, 0.1) is 5.92 Å². The second-order valence-corrected chi connectivity index (χ2v) is 10.7. The minimum Gasteiger partial charge on any atom is -0.329 e. The van der Waals surface area contributed by atoms with Crippen molar-refractivity contribution in [2.75, 3.05) is 39.8 Å². The number of likely N-dealkylation sites (N-methyl/N-ethyl adjacent to an activating group) is 1. The number of rotatable bonds is 4. The van der Waals surface area contributed by atoms with Crippen molar-refractivity contribution in [3.05, 3.63) is 65.7 Å². The molecule has 7 heteroatoms. The van der Waals surface area contributed by atoms with Crippen LogP contribution < -0.4 is 0 Å². The molecule has 31 heavy (non-hydrogen) atoms. The number of carbonyl (C=O) groups excluding carboxylic acids is 1. The summed E-state index contributed by atoms with van der Waals surface area (Å²) < 4.78 is 27.5. The molecule has 1 amide bonds. The Morgan fingerprint density at radius 2 is 1.55 bits per heavy atom. The minimum atomic E-state index is -3.51. The van der Waals surface area contributed by atoms with E-state index < -0.39 is 10.0 Å². The predicted molar refractivity (Wildman–Crippen MR) is 121 cm³/mol. The van der Waals surface area contributed by atoms with E-state index in [0.29, 0.717) is 31.1 Å². The van der Waals surface area contributed by atoms with E-state index in [2.05, 4.69) is 31.0 Å². The Hall–Kier alpha value is -2.22. The summed E-state index contributed by atoms with van der Waals surface area (Å²) in [5, 5.41) is 0. The third kappa shape index (κ3) is 4.68. The summed E-state index contributed by atoms with van der Waals surface area (Å²) >= 11 is 0. The molecule has 6 nitrogen and oxygen atoms in total. The van der Waals surface area contributed by atoms with E-state index >= 15 is 0 Å². The lowest BCUT2D eigenvalue weighted by molar-refractivity contribution is 0.0498. The number of hydrogen-bond donors (Lipinski definition) is 0. The highest BCUT2D eigenvalue weighted by molar-refractivity contribution is 7.89. The lowest BCUT2D eigenvalue weighted by Crippen LogP contribution is -2.49. The van der Waals surface area contributed by atoms with Gasteiger partial charge in [0.25, 0.3) is 5.91 Å². The molecule has 2 aliphatic rings. The Morgan fingerprint density at radius 1 is 0.903 bits per heavy atom. The molecule has 2 fully saturated rings. The van der Waals surface area contributed by atoms with Gasteiger partial charge in [-0.25, -0.2) is 8.42 Å².